The maximum Gasteiger partial charge on any atom is 0.254 e. The third-order valence-corrected chi connectivity index (χ3v) is 5.41. The van der Waals surface area contributed by atoms with E-state index < -0.39 is 19.9 Å². The van der Waals surface area contributed by atoms with E-state index in [1.165, 1.54) is 5.56 Å². The molecular formula is C9H14O3SSi. The zero-order chi connectivity index (χ0) is 10.8. The molecule has 0 saturated heterocycles. The van der Waals surface area contributed by atoms with Crippen molar-refractivity contribution in [3.8, 4) is 0 Å². The smallest absolute Gasteiger partial charge is 0.254 e. The topological polar surface area (TPSA) is 43.4 Å². The molecule has 1 aromatic carbocycles. The summed E-state index contributed by atoms with van der Waals surface area (Å²) in [6.07, 6.45) is 1.09. The predicted octanol–water partition coefficient (Wildman–Crippen LogP) is -0.0113. The quantitative estimate of drug-likeness (QED) is 0.686. The molecule has 0 aliphatic carbocycles. The minimum Gasteiger partial charge on any atom is -0.317 e. The number of hydrogen-bond acceptors (Lipinski definition) is 3. The zero-order valence-electron chi connectivity index (χ0n) is 8.57. The van der Waals surface area contributed by atoms with Gasteiger partial charge in [0.25, 0.3) is 10.1 Å². The van der Waals surface area contributed by atoms with Gasteiger partial charge in [-0.25, -0.2) is 8.42 Å². The predicted molar refractivity (Wildman–Crippen MR) is 60.0 cm³/mol. The van der Waals surface area contributed by atoms with Gasteiger partial charge in [-0.2, -0.15) is 0 Å². The lowest BCUT2D eigenvalue weighted by molar-refractivity contribution is 0.511. The number of benzene rings is 1. The van der Waals surface area contributed by atoms with Crippen molar-refractivity contribution in [3.63, 3.8) is 0 Å². The second-order valence-electron chi connectivity index (χ2n) is 3.33. The molecule has 3 nitrogen and oxygen atoms in total. The van der Waals surface area contributed by atoms with Crippen LogP contribution >= 0.6 is 0 Å². The Morgan fingerprint density at radius 1 is 1.29 bits per heavy atom. The summed E-state index contributed by atoms with van der Waals surface area (Å²) in [6.45, 7) is 4.00. The summed E-state index contributed by atoms with van der Waals surface area (Å²) in [4.78, 5) is 0. The summed E-state index contributed by atoms with van der Waals surface area (Å²) < 4.78 is 26.5. The molecule has 78 valence electrons. The van der Waals surface area contributed by atoms with Gasteiger partial charge in [-0.05, 0) is 30.2 Å². The van der Waals surface area contributed by atoms with E-state index in [1.54, 1.807) is 0 Å². The van der Waals surface area contributed by atoms with Crippen LogP contribution in [0, 0.1) is 13.8 Å². The fourth-order valence-corrected chi connectivity index (χ4v) is 3.23. The van der Waals surface area contributed by atoms with Crippen molar-refractivity contribution >= 4 is 25.1 Å². The van der Waals surface area contributed by atoms with Crippen molar-refractivity contribution in [1.29, 1.82) is 0 Å². The van der Waals surface area contributed by atoms with Crippen LogP contribution in [-0.2, 0) is 14.0 Å². The van der Waals surface area contributed by atoms with Gasteiger partial charge in [-0.15, -0.1) is 0 Å². The molecule has 0 bridgehead atoms. The minimum atomic E-state index is -3.29. The number of hydrogen-bond donors (Lipinski definition) is 0. The molecular weight excluding hydrogens is 216 g/mol. The Hall–Kier alpha value is -0.653. The number of rotatable bonds is 3. The van der Waals surface area contributed by atoms with Gasteiger partial charge < -0.3 is 3.87 Å². The maximum absolute atomic E-state index is 10.8. The Morgan fingerprint density at radius 2 is 1.93 bits per heavy atom. The molecule has 14 heavy (non-hydrogen) atoms. The Bertz CT molecular complexity index is 426. The first-order valence-corrected chi connectivity index (χ1v) is 7.40. The van der Waals surface area contributed by atoms with Crippen LogP contribution in [0.5, 0.6) is 0 Å². The van der Waals surface area contributed by atoms with E-state index in [0.29, 0.717) is 0 Å². The third-order valence-electron chi connectivity index (χ3n) is 2.15. The SMILES string of the molecule is Cc1cccc([SiH2]OS(C)(=O)=O)c1C. The van der Waals surface area contributed by atoms with Gasteiger partial charge >= 0.3 is 0 Å². The molecule has 0 amide bonds. The van der Waals surface area contributed by atoms with Crippen LogP contribution in [0.3, 0.4) is 0 Å². The first kappa shape index (κ1) is 11.4. The standard InChI is InChI=1S/C9H14O3SSi/c1-7-5-4-6-9(8(7)2)14-12-13(3,10)11/h4-6H,14H2,1-3H3. The van der Waals surface area contributed by atoms with Crippen molar-refractivity contribution < 1.29 is 12.3 Å². The van der Waals surface area contributed by atoms with Crippen LogP contribution in [0.15, 0.2) is 18.2 Å². The monoisotopic (exact) mass is 230 g/mol. The first-order valence-electron chi connectivity index (χ1n) is 4.29. The lowest BCUT2D eigenvalue weighted by atomic mass is 10.1. The summed E-state index contributed by atoms with van der Waals surface area (Å²) in [7, 11) is -4.44. The van der Waals surface area contributed by atoms with Crippen LogP contribution < -0.4 is 5.19 Å². The van der Waals surface area contributed by atoms with Gasteiger partial charge in [0.2, 0.25) is 9.76 Å². The van der Waals surface area contributed by atoms with Crippen molar-refractivity contribution in [1.82, 2.24) is 0 Å². The highest BCUT2D eigenvalue weighted by Gasteiger charge is 2.06. The largest absolute Gasteiger partial charge is 0.317 e. The second-order valence-corrected chi connectivity index (χ2v) is 6.73. The molecule has 1 aromatic rings. The van der Waals surface area contributed by atoms with Crippen LogP contribution in [0.2, 0.25) is 0 Å². The van der Waals surface area contributed by atoms with E-state index in [2.05, 4.69) is 0 Å². The van der Waals surface area contributed by atoms with Crippen LogP contribution in [0.25, 0.3) is 0 Å². The van der Waals surface area contributed by atoms with E-state index in [9.17, 15) is 8.42 Å². The molecule has 0 spiro atoms. The van der Waals surface area contributed by atoms with Crippen molar-refractivity contribution in [3.05, 3.63) is 29.3 Å². The van der Waals surface area contributed by atoms with Crippen molar-refractivity contribution in [2.75, 3.05) is 6.26 Å². The highest BCUT2D eigenvalue weighted by Crippen LogP contribution is 2.02. The van der Waals surface area contributed by atoms with E-state index >= 15 is 0 Å². The van der Waals surface area contributed by atoms with Gasteiger partial charge in [0.1, 0.15) is 0 Å². The molecule has 0 aliphatic heterocycles. The molecule has 0 atom stereocenters. The molecule has 0 aromatic heterocycles. The van der Waals surface area contributed by atoms with E-state index in [4.69, 9.17) is 3.87 Å². The average molecular weight is 230 g/mol. The van der Waals surface area contributed by atoms with Crippen LogP contribution in [0.1, 0.15) is 11.1 Å². The summed E-state index contributed by atoms with van der Waals surface area (Å²) in [5, 5.41) is 1.05. The molecule has 0 heterocycles. The van der Waals surface area contributed by atoms with Crippen LogP contribution in [0.4, 0.5) is 0 Å². The summed E-state index contributed by atoms with van der Waals surface area (Å²) in [5.41, 5.74) is 2.31. The fourth-order valence-electron chi connectivity index (χ4n) is 1.14. The second kappa shape index (κ2) is 4.25. The lowest BCUT2D eigenvalue weighted by Crippen LogP contribution is -2.23. The fraction of sp³-hybridized carbons (Fsp3) is 0.333. The molecule has 1 rings (SSSR count). The average Bonchev–Trinajstić information content (AvgIpc) is 2.06. The normalized spacial score (nSPS) is 12.5. The molecule has 5 heteroatoms. The minimum absolute atomic E-state index is 1.05. The van der Waals surface area contributed by atoms with Gasteiger partial charge in [-0.3, -0.25) is 0 Å². The Labute approximate surface area is 87.2 Å². The molecule has 0 unspecified atom stereocenters. The number of aryl methyl sites for hydroxylation is 1. The van der Waals surface area contributed by atoms with Crippen molar-refractivity contribution in [2.45, 2.75) is 13.8 Å². The van der Waals surface area contributed by atoms with E-state index in [1.807, 2.05) is 32.0 Å². The zero-order valence-corrected chi connectivity index (χ0v) is 10.8. The van der Waals surface area contributed by atoms with Gasteiger partial charge in [0.05, 0.1) is 6.26 Å². The summed E-state index contributed by atoms with van der Waals surface area (Å²) in [6, 6.07) is 5.86. The highest BCUT2D eigenvalue weighted by molar-refractivity contribution is 7.86. The lowest BCUT2D eigenvalue weighted by Gasteiger charge is -2.07. The van der Waals surface area contributed by atoms with E-state index in [0.717, 1.165) is 17.0 Å². The summed E-state index contributed by atoms with van der Waals surface area (Å²) in [5.74, 6) is 0. The Kier molecular flexibility index (Phi) is 3.46. The molecule has 0 fully saturated rings. The van der Waals surface area contributed by atoms with Crippen molar-refractivity contribution in [2.24, 2.45) is 0 Å². The van der Waals surface area contributed by atoms with Gasteiger partial charge in [0, 0.05) is 0 Å². The first-order chi connectivity index (χ1) is 6.40. The molecule has 0 saturated carbocycles. The third kappa shape index (κ3) is 3.25. The Morgan fingerprint density at radius 3 is 2.50 bits per heavy atom. The molecule has 0 N–H and O–H groups in total. The molecule has 0 radical (unpaired) electrons. The maximum atomic E-state index is 10.8. The molecule has 0 aliphatic rings. The van der Waals surface area contributed by atoms with Gasteiger partial charge in [0.15, 0.2) is 0 Å². The van der Waals surface area contributed by atoms with Crippen LogP contribution in [-0.4, -0.2) is 24.4 Å². The van der Waals surface area contributed by atoms with E-state index in [-0.39, 0.29) is 0 Å². The summed E-state index contributed by atoms with van der Waals surface area (Å²) >= 11 is 0. The highest BCUT2D eigenvalue weighted by atomic mass is 32.2. The van der Waals surface area contributed by atoms with Gasteiger partial charge in [-0.1, -0.05) is 18.2 Å². The Balaban J connectivity index is 2.83.